The molecule has 2 rings (SSSR count). The van der Waals surface area contributed by atoms with Crippen LogP contribution in [-0.4, -0.2) is 36.3 Å². The van der Waals surface area contributed by atoms with Gasteiger partial charge in [0.1, 0.15) is 5.75 Å². The first-order valence-electron chi connectivity index (χ1n) is 6.29. The van der Waals surface area contributed by atoms with Gasteiger partial charge in [-0.05, 0) is 11.5 Å². The molecular formula is C14H22ClNO2. The summed E-state index contributed by atoms with van der Waals surface area (Å²) in [6, 6.07) is 6.05. The van der Waals surface area contributed by atoms with E-state index < -0.39 is 0 Å². The fraction of sp³-hybridized carbons (Fsp3) is 0.571. The molecule has 0 radical (unpaired) electrons. The van der Waals surface area contributed by atoms with E-state index in [4.69, 9.17) is 4.74 Å². The zero-order valence-electron chi connectivity index (χ0n) is 11.1. The highest BCUT2D eigenvalue weighted by atomic mass is 35.5. The number of benzene rings is 1. The molecule has 1 saturated heterocycles. The molecule has 18 heavy (non-hydrogen) atoms. The molecule has 4 heteroatoms. The van der Waals surface area contributed by atoms with Crippen molar-refractivity contribution in [3.05, 3.63) is 29.3 Å². The maximum absolute atomic E-state index is 10.2. The molecule has 1 aromatic carbocycles. The minimum Gasteiger partial charge on any atom is -0.507 e. The Morgan fingerprint density at radius 2 is 1.94 bits per heavy atom. The summed E-state index contributed by atoms with van der Waals surface area (Å²) < 4.78 is 5.33. The number of halogens is 1. The lowest BCUT2D eigenvalue weighted by Crippen LogP contribution is -2.35. The minimum atomic E-state index is 0. The Balaban J connectivity index is 0.00000162. The number of nitrogens with zero attached hydrogens (tertiary/aromatic N) is 1. The number of morpholine rings is 1. The Bertz CT molecular complexity index is 376. The second kappa shape index (κ2) is 6.98. The van der Waals surface area contributed by atoms with Crippen LogP contribution >= 0.6 is 12.4 Å². The molecule has 0 bridgehead atoms. The molecule has 1 aliphatic heterocycles. The molecule has 1 N–H and O–H groups in total. The number of phenols is 1. The number of phenolic OH excluding ortho intramolecular Hbond substituents is 1. The zero-order chi connectivity index (χ0) is 12.3. The third kappa shape index (κ3) is 3.61. The third-order valence-electron chi connectivity index (χ3n) is 3.27. The highest BCUT2D eigenvalue weighted by Gasteiger charge is 2.15. The van der Waals surface area contributed by atoms with Crippen LogP contribution in [0.25, 0.3) is 0 Å². The van der Waals surface area contributed by atoms with Gasteiger partial charge in [0.15, 0.2) is 0 Å². The maximum atomic E-state index is 10.2. The van der Waals surface area contributed by atoms with Crippen LogP contribution in [0, 0.1) is 0 Å². The number of ether oxygens (including phenoxy) is 1. The highest BCUT2D eigenvalue weighted by molar-refractivity contribution is 5.85. The van der Waals surface area contributed by atoms with Crippen LogP contribution in [0.2, 0.25) is 0 Å². The van der Waals surface area contributed by atoms with Gasteiger partial charge in [0.2, 0.25) is 0 Å². The lowest BCUT2D eigenvalue weighted by atomic mass is 9.99. The van der Waals surface area contributed by atoms with Gasteiger partial charge in [-0.25, -0.2) is 0 Å². The van der Waals surface area contributed by atoms with Gasteiger partial charge in [-0.1, -0.05) is 32.0 Å². The predicted molar refractivity (Wildman–Crippen MR) is 75.5 cm³/mol. The molecule has 0 aromatic heterocycles. The van der Waals surface area contributed by atoms with Crippen molar-refractivity contribution in [2.45, 2.75) is 26.3 Å². The van der Waals surface area contributed by atoms with Gasteiger partial charge in [-0.15, -0.1) is 12.4 Å². The van der Waals surface area contributed by atoms with E-state index in [1.807, 2.05) is 18.2 Å². The van der Waals surface area contributed by atoms with Gasteiger partial charge < -0.3 is 9.84 Å². The molecule has 0 spiro atoms. The third-order valence-corrected chi connectivity index (χ3v) is 3.27. The van der Waals surface area contributed by atoms with Crippen LogP contribution in [0.5, 0.6) is 5.75 Å². The Morgan fingerprint density at radius 1 is 1.28 bits per heavy atom. The van der Waals surface area contributed by atoms with Gasteiger partial charge >= 0.3 is 0 Å². The average molecular weight is 272 g/mol. The number of hydrogen-bond acceptors (Lipinski definition) is 3. The zero-order valence-corrected chi connectivity index (χ0v) is 11.9. The molecule has 1 fully saturated rings. The van der Waals surface area contributed by atoms with Crippen molar-refractivity contribution in [1.29, 1.82) is 0 Å². The van der Waals surface area contributed by atoms with E-state index in [1.165, 1.54) is 0 Å². The fourth-order valence-electron chi connectivity index (χ4n) is 2.20. The summed E-state index contributed by atoms with van der Waals surface area (Å²) in [7, 11) is 0. The largest absolute Gasteiger partial charge is 0.507 e. The molecular weight excluding hydrogens is 250 g/mol. The summed E-state index contributed by atoms with van der Waals surface area (Å²) in [5.74, 6) is 0.827. The molecule has 1 aliphatic rings. The van der Waals surface area contributed by atoms with Crippen molar-refractivity contribution < 1.29 is 9.84 Å². The second-order valence-electron chi connectivity index (χ2n) is 4.90. The summed E-state index contributed by atoms with van der Waals surface area (Å²) >= 11 is 0. The summed E-state index contributed by atoms with van der Waals surface area (Å²) in [6.07, 6.45) is 0. The minimum absolute atomic E-state index is 0. The average Bonchev–Trinajstić information content (AvgIpc) is 2.33. The molecule has 1 heterocycles. The van der Waals surface area contributed by atoms with Crippen molar-refractivity contribution >= 4 is 12.4 Å². The van der Waals surface area contributed by atoms with Crippen LogP contribution in [-0.2, 0) is 11.3 Å². The first-order valence-corrected chi connectivity index (χ1v) is 6.29. The van der Waals surface area contributed by atoms with Crippen LogP contribution in [0.3, 0.4) is 0 Å². The van der Waals surface area contributed by atoms with E-state index in [0.717, 1.165) is 44.0 Å². The first kappa shape index (κ1) is 15.3. The van der Waals surface area contributed by atoms with Crippen LogP contribution < -0.4 is 0 Å². The molecule has 3 nitrogen and oxygen atoms in total. The second-order valence-corrected chi connectivity index (χ2v) is 4.90. The molecule has 0 unspecified atom stereocenters. The molecule has 0 aliphatic carbocycles. The van der Waals surface area contributed by atoms with Crippen molar-refractivity contribution in [3.63, 3.8) is 0 Å². The summed E-state index contributed by atoms with van der Waals surface area (Å²) in [5.41, 5.74) is 2.06. The predicted octanol–water partition coefficient (Wildman–Crippen LogP) is 2.77. The number of para-hydroxylation sites is 1. The Labute approximate surface area is 115 Å². The Morgan fingerprint density at radius 3 is 2.56 bits per heavy atom. The Kier molecular flexibility index (Phi) is 5.93. The molecule has 102 valence electrons. The van der Waals surface area contributed by atoms with Crippen molar-refractivity contribution in [2.75, 3.05) is 26.3 Å². The van der Waals surface area contributed by atoms with E-state index >= 15 is 0 Å². The van der Waals surface area contributed by atoms with Crippen molar-refractivity contribution in [2.24, 2.45) is 0 Å². The standard InChI is InChI=1S/C14H21NO2.ClH/c1-11(2)13-5-3-4-12(14(13)16)10-15-6-8-17-9-7-15;/h3-5,11,16H,6-10H2,1-2H3;1H. The van der Waals surface area contributed by atoms with Gasteiger partial charge in [0, 0.05) is 25.2 Å². The summed E-state index contributed by atoms with van der Waals surface area (Å²) in [4.78, 5) is 2.32. The molecule has 0 saturated carbocycles. The topological polar surface area (TPSA) is 32.7 Å². The fourth-order valence-corrected chi connectivity index (χ4v) is 2.20. The molecule has 0 amide bonds. The first-order chi connectivity index (χ1) is 8.18. The molecule has 1 aromatic rings. The van der Waals surface area contributed by atoms with Crippen molar-refractivity contribution in [3.8, 4) is 5.75 Å². The van der Waals surface area contributed by atoms with Gasteiger partial charge in [0.25, 0.3) is 0 Å². The normalized spacial score (nSPS) is 16.6. The van der Waals surface area contributed by atoms with Crippen molar-refractivity contribution in [1.82, 2.24) is 4.90 Å². The van der Waals surface area contributed by atoms with E-state index in [1.54, 1.807) is 0 Å². The van der Waals surface area contributed by atoms with Gasteiger partial charge in [-0.3, -0.25) is 4.90 Å². The number of rotatable bonds is 3. The van der Waals surface area contributed by atoms with Crippen LogP contribution in [0.1, 0.15) is 30.9 Å². The number of hydrogen-bond donors (Lipinski definition) is 1. The lowest BCUT2D eigenvalue weighted by Gasteiger charge is -2.27. The van der Waals surface area contributed by atoms with Gasteiger partial charge in [0.05, 0.1) is 13.2 Å². The van der Waals surface area contributed by atoms with E-state index in [9.17, 15) is 5.11 Å². The maximum Gasteiger partial charge on any atom is 0.123 e. The van der Waals surface area contributed by atoms with E-state index in [-0.39, 0.29) is 12.4 Å². The quantitative estimate of drug-likeness (QED) is 0.918. The van der Waals surface area contributed by atoms with Gasteiger partial charge in [-0.2, -0.15) is 0 Å². The smallest absolute Gasteiger partial charge is 0.123 e. The number of aromatic hydroxyl groups is 1. The van der Waals surface area contributed by atoms with E-state index in [0.29, 0.717) is 11.7 Å². The molecule has 0 atom stereocenters. The van der Waals surface area contributed by atoms with Crippen LogP contribution in [0.15, 0.2) is 18.2 Å². The summed E-state index contributed by atoms with van der Waals surface area (Å²) in [6.45, 7) is 8.52. The monoisotopic (exact) mass is 271 g/mol. The summed E-state index contributed by atoms with van der Waals surface area (Å²) in [5, 5.41) is 10.2. The van der Waals surface area contributed by atoms with E-state index in [2.05, 4.69) is 18.7 Å². The lowest BCUT2D eigenvalue weighted by molar-refractivity contribution is 0.0338. The SMILES string of the molecule is CC(C)c1cccc(CN2CCOCC2)c1O.Cl. The van der Waals surface area contributed by atoms with Crippen LogP contribution in [0.4, 0.5) is 0 Å². The highest BCUT2D eigenvalue weighted by Crippen LogP contribution is 2.29. The Hall–Kier alpha value is -0.770.